The molecule has 3 N–H and O–H groups in total. The molecular formula is C24H23F3N8O. The Morgan fingerprint density at radius 1 is 1.25 bits per heavy atom. The van der Waals surface area contributed by atoms with Crippen molar-refractivity contribution < 1.29 is 18.0 Å². The monoisotopic (exact) mass is 496 g/mol. The van der Waals surface area contributed by atoms with Crippen LogP contribution in [0.1, 0.15) is 48.3 Å². The third kappa shape index (κ3) is 4.10. The van der Waals surface area contributed by atoms with Crippen LogP contribution in [0.15, 0.2) is 36.7 Å². The number of rotatable bonds is 3. The molecule has 0 radical (unpaired) electrons. The predicted molar refractivity (Wildman–Crippen MR) is 123 cm³/mol. The fraction of sp³-hybridized carbons (Fsp3) is 0.375. The Labute approximate surface area is 204 Å². The number of hydrogen-bond donors (Lipinski definition) is 2. The van der Waals surface area contributed by atoms with E-state index in [-0.39, 0.29) is 23.1 Å². The van der Waals surface area contributed by atoms with Gasteiger partial charge in [0, 0.05) is 48.7 Å². The number of halogens is 3. The molecule has 0 saturated carbocycles. The van der Waals surface area contributed by atoms with E-state index in [9.17, 15) is 18.0 Å². The lowest BCUT2D eigenvalue weighted by Gasteiger charge is -2.24. The molecule has 36 heavy (non-hydrogen) atoms. The van der Waals surface area contributed by atoms with Crippen molar-refractivity contribution in [3.63, 3.8) is 0 Å². The zero-order chi connectivity index (χ0) is 25.7. The zero-order valence-corrected chi connectivity index (χ0v) is 19.4. The van der Waals surface area contributed by atoms with Crippen molar-refractivity contribution in [2.45, 2.75) is 43.9 Å². The molecule has 9 nitrogen and oxygen atoms in total. The Morgan fingerprint density at radius 2 is 2.03 bits per heavy atom. The Kier molecular flexibility index (Phi) is 5.58. The largest absolute Gasteiger partial charge is 0.419 e. The number of nitrogens with one attached hydrogen (secondary N) is 1. The standard InChI is InChI=1S/C24H23F3N8O/c1-14(18-8-15(11-28)2-5-30-18)32-22(36)34-6-3-23(13-34)4-7-35-20(23)10-19(33-35)16-9-17(24(25,26)27)21(29)31-12-16/h2,5,8-10,12,14H,3-4,6-7,13H2,1H3,(H2,29,31)(H,32,36). The second-order valence-corrected chi connectivity index (χ2v) is 9.25. The van der Waals surface area contributed by atoms with Gasteiger partial charge in [0.15, 0.2) is 0 Å². The second kappa shape index (κ2) is 8.51. The second-order valence-electron chi connectivity index (χ2n) is 9.25. The first-order valence-electron chi connectivity index (χ1n) is 11.4. The summed E-state index contributed by atoms with van der Waals surface area (Å²) in [5.74, 6) is -0.573. The number of amides is 2. The summed E-state index contributed by atoms with van der Waals surface area (Å²) in [6, 6.07) is 7.45. The quantitative estimate of drug-likeness (QED) is 0.570. The van der Waals surface area contributed by atoms with E-state index < -0.39 is 17.6 Å². The van der Waals surface area contributed by atoms with Gasteiger partial charge in [0.2, 0.25) is 0 Å². The number of aromatic nitrogens is 4. The van der Waals surface area contributed by atoms with E-state index in [1.807, 2.05) is 0 Å². The Morgan fingerprint density at radius 3 is 2.78 bits per heavy atom. The summed E-state index contributed by atoms with van der Waals surface area (Å²) in [6.45, 7) is 3.42. The van der Waals surface area contributed by atoms with Gasteiger partial charge in [-0.3, -0.25) is 9.67 Å². The van der Waals surface area contributed by atoms with Gasteiger partial charge in [-0.1, -0.05) is 0 Å². The molecule has 2 amide bonds. The van der Waals surface area contributed by atoms with E-state index in [0.29, 0.717) is 36.6 Å². The molecule has 3 aromatic heterocycles. The number of fused-ring (bicyclic) bond motifs is 2. The van der Waals surface area contributed by atoms with Gasteiger partial charge in [-0.15, -0.1) is 0 Å². The summed E-state index contributed by atoms with van der Waals surface area (Å²) in [6.07, 6.45) is -0.281. The van der Waals surface area contributed by atoms with E-state index in [2.05, 4.69) is 26.5 Å². The molecule has 1 fully saturated rings. The van der Waals surface area contributed by atoms with Crippen molar-refractivity contribution >= 4 is 11.8 Å². The van der Waals surface area contributed by atoms with Crippen LogP contribution in [0.3, 0.4) is 0 Å². The highest BCUT2D eigenvalue weighted by Crippen LogP contribution is 2.44. The van der Waals surface area contributed by atoms with Gasteiger partial charge < -0.3 is 16.0 Å². The molecule has 2 aliphatic rings. The van der Waals surface area contributed by atoms with Crippen LogP contribution in [0, 0.1) is 11.3 Å². The SMILES string of the molecule is CC(NC(=O)N1CCC2(CCn3nc(-c4cnc(N)c(C(F)(F)F)c4)cc32)C1)c1cc(C#N)ccn1. The predicted octanol–water partition coefficient (Wildman–Crippen LogP) is 3.63. The van der Waals surface area contributed by atoms with Gasteiger partial charge in [-0.05, 0) is 44.0 Å². The summed E-state index contributed by atoms with van der Waals surface area (Å²) in [5, 5.41) is 16.6. The molecule has 2 aliphatic heterocycles. The average molecular weight is 496 g/mol. The van der Waals surface area contributed by atoms with Crippen LogP contribution in [0.4, 0.5) is 23.8 Å². The van der Waals surface area contributed by atoms with Gasteiger partial charge in [-0.25, -0.2) is 9.78 Å². The lowest BCUT2D eigenvalue weighted by atomic mass is 9.82. The number of urea groups is 1. The molecule has 5 rings (SSSR count). The highest BCUT2D eigenvalue weighted by atomic mass is 19.4. The zero-order valence-electron chi connectivity index (χ0n) is 19.4. The van der Waals surface area contributed by atoms with Crippen molar-refractivity contribution in [2.24, 2.45) is 0 Å². The maximum absolute atomic E-state index is 13.3. The molecule has 2 unspecified atom stereocenters. The van der Waals surface area contributed by atoms with Crippen molar-refractivity contribution in [2.75, 3.05) is 18.8 Å². The molecule has 5 heterocycles. The van der Waals surface area contributed by atoms with E-state index >= 15 is 0 Å². The van der Waals surface area contributed by atoms with E-state index in [1.165, 1.54) is 12.4 Å². The normalized spacial score (nSPS) is 19.8. The molecule has 0 aliphatic carbocycles. The van der Waals surface area contributed by atoms with E-state index in [4.69, 9.17) is 11.0 Å². The lowest BCUT2D eigenvalue weighted by Crippen LogP contribution is -2.41. The van der Waals surface area contributed by atoms with Gasteiger partial charge in [0.1, 0.15) is 5.82 Å². The molecule has 3 aromatic rings. The fourth-order valence-corrected chi connectivity index (χ4v) is 5.01. The highest BCUT2D eigenvalue weighted by molar-refractivity contribution is 5.75. The number of carbonyl (C=O) groups excluding carboxylic acids is 1. The number of alkyl halides is 3. The number of carbonyl (C=O) groups is 1. The highest BCUT2D eigenvalue weighted by Gasteiger charge is 2.47. The number of hydrogen-bond acceptors (Lipinski definition) is 6. The van der Waals surface area contributed by atoms with Gasteiger partial charge in [-0.2, -0.15) is 23.5 Å². The van der Waals surface area contributed by atoms with Crippen LogP contribution in [-0.4, -0.2) is 43.8 Å². The van der Waals surface area contributed by atoms with Crippen LogP contribution in [-0.2, 0) is 18.1 Å². The molecule has 1 spiro atoms. The van der Waals surface area contributed by atoms with Gasteiger partial charge in [0.25, 0.3) is 0 Å². The van der Waals surface area contributed by atoms with Gasteiger partial charge >= 0.3 is 12.2 Å². The minimum Gasteiger partial charge on any atom is -0.383 e. The molecule has 2 atom stereocenters. The topological polar surface area (TPSA) is 126 Å². The first kappa shape index (κ1) is 23.6. The number of anilines is 1. The lowest BCUT2D eigenvalue weighted by molar-refractivity contribution is -0.137. The van der Waals surface area contributed by atoms with Crippen molar-refractivity contribution in [3.05, 3.63) is 59.2 Å². The summed E-state index contributed by atoms with van der Waals surface area (Å²) < 4.78 is 41.7. The Balaban J connectivity index is 1.33. The smallest absolute Gasteiger partial charge is 0.383 e. The maximum atomic E-state index is 13.3. The minimum atomic E-state index is -4.61. The first-order valence-corrected chi connectivity index (χ1v) is 11.4. The fourth-order valence-electron chi connectivity index (χ4n) is 5.01. The number of nitriles is 1. The van der Waals surface area contributed by atoms with Crippen LogP contribution in [0.2, 0.25) is 0 Å². The maximum Gasteiger partial charge on any atom is 0.419 e. The number of nitrogen functional groups attached to an aromatic ring is 1. The molecule has 186 valence electrons. The van der Waals surface area contributed by atoms with Crippen molar-refractivity contribution in [1.82, 2.24) is 30.0 Å². The van der Waals surface area contributed by atoms with E-state index in [0.717, 1.165) is 24.6 Å². The van der Waals surface area contributed by atoms with Crippen LogP contribution >= 0.6 is 0 Å². The van der Waals surface area contributed by atoms with Crippen molar-refractivity contribution in [1.29, 1.82) is 5.26 Å². The third-order valence-corrected chi connectivity index (χ3v) is 6.98. The van der Waals surface area contributed by atoms with Crippen molar-refractivity contribution in [3.8, 4) is 17.3 Å². The third-order valence-electron chi connectivity index (χ3n) is 6.98. The average Bonchev–Trinajstić information content (AvgIpc) is 3.55. The molecule has 1 saturated heterocycles. The van der Waals surface area contributed by atoms with Crippen LogP contribution < -0.4 is 11.1 Å². The first-order chi connectivity index (χ1) is 17.1. The molecule has 0 bridgehead atoms. The summed E-state index contributed by atoms with van der Waals surface area (Å²) in [7, 11) is 0. The summed E-state index contributed by atoms with van der Waals surface area (Å²) in [5.41, 5.74) is 6.71. The minimum absolute atomic E-state index is 0.237. The number of aryl methyl sites for hydroxylation is 1. The van der Waals surface area contributed by atoms with Crippen LogP contribution in [0.25, 0.3) is 11.3 Å². The molecular weight excluding hydrogens is 473 g/mol. The van der Waals surface area contributed by atoms with Gasteiger partial charge in [0.05, 0.1) is 34.6 Å². The number of pyridine rings is 2. The molecule has 0 aromatic carbocycles. The Hall–Kier alpha value is -4.14. The Bertz CT molecular complexity index is 1380. The summed E-state index contributed by atoms with van der Waals surface area (Å²) >= 11 is 0. The number of nitrogens with two attached hydrogens (primary N) is 1. The summed E-state index contributed by atoms with van der Waals surface area (Å²) in [4.78, 5) is 22.7. The van der Waals surface area contributed by atoms with E-state index in [1.54, 1.807) is 34.7 Å². The number of likely N-dealkylation sites (tertiary alicyclic amines) is 1. The molecule has 12 heteroatoms. The van der Waals surface area contributed by atoms with Crippen LogP contribution in [0.5, 0.6) is 0 Å². The number of nitrogens with zero attached hydrogens (tertiary/aromatic N) is 6.